The van der Waals surface area contributed by atoms with Gasteiger partial charge in [0.1, 0.15) is 6.10 Å². The Morgan fingerprint density at radius 2 is 1.90 bits per heavy atom. The molecule has 1 aromatic rings. The molecule has 1 heterocycles. The number of fused-ring (bicyclic) bond motifs is 1. The lowest BCUT2D eigenvalue weighted by atomic mass is 10.1. The van der Waals surface area contributed by atoms with Crippen LogP contribution in [0, 0.1) is 11.8 Å². The van der Waals surface area contributed by atoms with Gasteiger partial charge in [-0.25, -0.2) is 0 Å². The Hall–Kier alpha value is -2.19. The SMILES string of the molecule is C[C@H]1Oc2ccccc2O[C@@H]1C(=O)NCC#CCN(C)C. The summed E-state index contributed by atoms with van der Waals surface area (Å²) in [5, 5.41) is 2.75. The Balaban J connectivity index is 1.89. The maximum Gasteiger partial charge on any atom is 0.265 e. The van der Waals surface area contributed by atoms with Crippen molar-refractivity contribution < 1.29 is 14.3 Å². The van der Waals surface area contributed by atoms with Gasteiger partial charge in [0.15, 0.2) is 11.5 Å². The van der Waals surface area contributed by atoms with Gasteiger partial charge in [0.2, 0.25) is 6.10 Å². The van der Waals surface area contributed by atoms with E-state index in [0.717, 1.165) is 0 Å². The number of carbonyl (C=O) groups excluding carboxylic acids is 1. The zero-order valence-electron chi connectivity index (χ0n) is 12.6. The first kappa shape index (κ1) is 15.2. The molecular weight excluding hydrogens is 268 g/mol. The summed E-state index contributed by atoms with van der Waals surface area (Å²) >= 11 is 0. The summed E-state index contributed by atoms with van der Waals surface area (Å²) in [7, 11) is 3.89. The van der Waals surface area contributed by atoms with E-state index in [0.29, 0.717) is 24.6 Å². The minimum absolute atomic E-state index is 0.212. The van der Waals surface area contributed by atoms with Crippen LogP contribution in [0.5, 0.6) is 11.5 Å². The second-order valence-electron chi connectivity index (χ2n) is 5.12. The summed E-state index contributed by atoms with van der Waals surface area (Å²) in [6.07, 6.45) is -0.995. The first-order chi connectivity index (χ1) is 10.1. The molecule has 0 spiro atoms. The topological polar surface area (TPSA) is 50.8 Å². The maximum absolute atomic E-state index is 12.1. The van der Waals surface area contributed by atoms with E-state index in [1.807, 2.05) is 44.1 Å². The Morgan fingerprint density at radius 1 is 1.24 bits per heavy atom. The third-order valence-corrected chi connectivity index (χ3v) is 2.97. The van der Waals surface area contributed by atoms with Crippen LogP contribution in [0.1, 0.15) is 6.92 Å². The summed E-state index contributed by atoms with van der Waals surface area (Å²) in [6, 6.07) is 7.33. The molecule has 1 aromatic carbocycles. The van der Waals surface area contributed by atoms with Crippen molar-refractivity contribution in [1.29, 1.82) is 0 Å². The molecule has 2 atom stereocenters. The zero-order chi connectivity index (χ0) is 15.2. The minimum atomic E-state index is -0.657. The van der Waals surface area contributed by atoms with E-state index < -0.39 is 6.10 Å². The first-order valence-corrected chi connectivity index (χ1v) is 6.88. The lowest BCUT2D eigenvalue weighted by molar-refractivity contribution is -0.133. The van der Waals surface area contributed by atoms with Gasteiger partial charge in [-0.1, -0.05) is 24.0 Å². The highest BCUT2D eigenvalue weighted by Crippen LogP contribution is 2.33. The Kier molecular flexibility index (Phi) is 5.07. The van der Waals surface area contributed by atoms with Crippen molar-refractivity contribution in [1.82, 2.24) is 10.2 Å². The molecule has 0 aliphatic carbocycles. The summed E-state index contributed by atoms with van der Waals surface area (Å²) in [5.41, 5.74) is 0. The van der Waals surface area contributed by atoms with Gasteiger partial charge in [0, 0.05) is 0 Å². The van der Waals surface area contributed by atoms with Crippen LogP contribution in [0.15, 0.2) is 24.3 Å². The van der Waals surface area contributed by atoms with Crippen molar-refractivity contribution in [2.24, 2.45) is 0 Å². The second-order valence-corrected chi connectivity index (χ2v) is 5.12. The molecule has 2 rings (SSSR count). The number of ether oxygens (including phenoxy) is 2. The van der Waals surface area contributed by atoms with Crippen LogP contribution in [0.2, 0.25) is 0 Å². The predicted molar refractivity (Wildman–Crippen MR) is 80.3 cm³/mol. The van der Waals surface area contributed by atoms with E-state index >= 15 is 0 Å². The van der Waals surface area contributed by atoms with Crippen molar-refractivity contribution in [2.75, 3.05) is 27.2 Å². The van der Waals surface area contributed by atoms with Crippen LogP contribution in [0.4, 0.5) is 0 Å². The average molecular weight is 288 g/mol. The van der Waals surface area contributed by atoms with Gasteiger partial charge < -0.3 is 14.8 Å². The van der Waals surface area contributed by atoms with Crippen LogP contribution >= 0.6 is 0 Å². The molecule has 0 bridgehead atoms. The fraction of sp³-hybridized carbons (Fsp3) is 0.438. The van der Waals surface area contributed by atoms with Gasteiger partial charge >= 0.3 is 0 Å². The molecule has 0 radical (unpaired) electrons. The van der Waals surface area contributed by atoms with Crippen LogP contribution in [-0.4, -0.2) is 50.2 Å². The third-order valence-electron chi connectivity index (χ3n) is 2.97. The van der Waals surface area contributed by atoms with Crippen LogP contribution in [0.25, 0.3) is 0 Å². The largest absolute Gasteiger partial charge is 0.482 e. The van der Waals surface area contributed by atoms with Gasteiger partial charge in [-0.05, 0) is 33.2 Å². The number of amides is 1. The molecule has 1 aliphatic rings. The number of nitrogens with zero attached hydrogens (tertiary/aromatic N) is 1. The number of rotatable bonds is 3. The van der Waals surface area contributed by atoms with Crippen LogP contribution in [0.3, 0.4) is 0 Å². The van der Waals surface area contributed by atoms with E-state index in [4.69, 9.17) is 9.47 Å². The fourth-order valence-corrected chi connectivity index (χ4v) is 1.91. The quantitative estimate of drug-likeness (QED) is 0.840. The maximum atomic E-state index is 12.1. The molecule has 112 valence electrons. The summed E-state index contributed by atoms with van der Waals surface area (Å²) in [6.45, 7) is 2.79. The second kappa shape index (κ2) is 7.00. The van der Waals surface area contributed by atoms with Gasteiger partial charge in [-0.15, -0.1) is 0 Å². The van der Waals surface area contributed by atoms with Crippen molar-refractivity contribution >= 4 is 5.91 Å². The molecule has 0 saturated heterocycles. The molecule has 0 saturated carbocycles. The van der Waals surface area contributed by atoms with E-state index in [1.165, 1.54) is 0 Å². The van der Waals surface area contributed by atoms with Crippen molar-refractivity contribution in [3.63, 3.8) is 0 Å². The highest BCUT2D eigenvalue weighted by atomic mass is 16.6. The van der Waals surface area contributed by atoms with Gasteiger partial charge in [-0.2, -0.15) is 0 Å². The normalized spacial score (nSPS) is 19.6. The van der Waals surface area contributed by atoms with Gasteiger partial charge in [0.25, 0.3) is 5.91 Å². The summed E-state index contributed by atoms with van der Waals surface area (Å²) in [4.78, 5) is 14.1. The molecule has 1 amide bonds. The van der Waals surface area contributed by atoms with Crippen molar-refractivity contribution in [3.8, 4) is 23.3 Å². The highest BCUT2D eigenvalue weighted by molar-refractivity contribution is 5.82. The minimum Gasteiger partial charge on any atom is -0.482 e. The molecule has 5 heteroatoms. The molecule has 0 aromatic heterocycles. The van der Waals surface area contributed by atoms with E-state index in [2.05, 4.69) is 17.2 Å². The first-order valence-electron chi connectivity index (χ1n) is 6.88. The lowest BCUT2D eigenvalue weighted by Gasteiger charge is -2.30. The van der Waals surface area contributed by atoms with E-state index in [-0.39, 0.29) is 12.0 Å². The zero-order valence-corrected chi connectivity index (χ0v) is 12.6. The van der Waals surface area contributed by atoms with Crippen molar-refractivity contribution in [3.05, 3.63) is 24.3 Å². The number of hydrogen-bond donors (Lipinski definition) is 1. The van der Waals surface area contributed by atoms with Crippen LogP contribution in [-0.2, 0) is 4.79 Å². The Labute approximate surface area is 125 Å². The summed E-state index contributed by atoms with van der Waals surface area (Å²) < 4.78 is 11.4. The van der Waals surface area contributed by atoms with E-state index in [1.54, 1.807) is 6.07 Å². The number of para-hydroxylation sites is 2. The molecule has 1 aliphatic heterocycles. The predicted octanol–water partition coefficient (Wildman–Crippen LogP) is 0.896. The van der Waals surface area contributed by atoms with Gasteiger partial charge in [0.05, 0.1) is 13.1 Å². The third kappa shape index (κ3) is 4.14. The van der Waals surface area contributed by atoms with Crippen molar-refractivity contribution in [2.45, 2.75) is 19.1 Å². The van der Waals surface area contributed by atoms with Crippen LogP contribution < -0.4 is 14.8 Å². The smallest absolute Gasteiger partial charge is 0.265 e. The number of hydrogen-bond acceptors (Lipinski definition) is 4. The number of nitrogens with one attached hydrogen (secondary N) is 1. The lowest BCUT2D eigenvalue weighted by Crippen LogP contribution is -2.49. The molecule has 0 unspecified atom stereocenters. The fourth-order valence-electron chi connectivity index (χ4n) is 1.91. The number of benzene rings is 1. The Morgan fingerprint density at radius 3 is 2.57 bits per heavy atom. The highest BCUT2D eigenvalue weighted by Gasteiger charge is 2.33. The van der Waals surface area contributed by atoms with Gasteiger partial charge in [-0.3, -0.25) is 9.69 Å². The molecular formula is C16H20N2O3. The summed E-state index contributed by atoms with van der Waals surface area (Å²) in [5.74, 6) is 6.91. The number of carbonyl (C=O) groups is 1. The molecule has 0 fully saturated rings. The molecule has 1 N–H and O–H groups in total. The Bertz CT molecular complexity index is 560. The molecule has 5 nitrogen and oxygen atoms in total. The average Bonchev–Trinajstić information content (AvgIpc) is 2.45. The van der Waals surface area contributed by atoms with E-state index in [9.17, 15) is 4.79 Å². The monoisotopic (exact) mass is 288 g/mol. The standard InChI is InChI=1S/C16H20N2O3/c1-12-15(16(19)17-10-6-7-11-18(2)3)21-14-9-5-4-8-13(14)20-12/h4-5,8-9,12,15H,10-11H2,1-3H3,(H,17,19)/t12-,15+/m1/s1. The molecule has 21 heavy (non-hydrogen) atoms.